The molecule has 0 saturated heterocycles. The van der Waals surface area contributed by atoms with Crippen molar-refractivity contribution < 1.29 is 4.42 Å². The quantitative estimate of drug-likeness (QED) is 0.894. The Balaban J connectivity index is 1.87. The molecule has 1 fully saturated rings. The number of aryl methyl sites for hydroxylation is 1. The summed E-state index contributed by atoms with van der Waals surface area (Å²) in [5.41, 5.74) is 7.92. The van der Waals surface area contributed by atoms with E-state index in [9.17, 15) is 0 Å². The lowest BCUT2D eigenvalue weighted by molar-refractivity contribution is 0.500. The lowest BCUT2D eigenvalue weighted by Gasteiger charge is -2.24. The van der Waals surface area contributed by atoms with Gasteiger partial charge in [0, 0.05) is 18.8 Å². The van der Waals surface area contributed by atoms with E-state index < -0.39 is 0 Å². The van der Waals surface area contributed by atoms with Gasteiger partial charge in [-0.05, 0) is 49.1 Å². The van der Waals surface area contributed by atoms with Crippen LogP contribution in [-0.4, -0.2) is 11.0 Å². The van der Waals surface area contributed by atoms with Gasteiger partial charge in [0.25, 0.3) is 0 Å². The van der Waals surface area contributed by atoms with Crippen LogP contribution in [0, 0.1) is 6.92 Å². The number of anilines is 1. The highest BCUT2D eigenvalue weighted by Gasteiger charge is 2.31. The summed E-state index contributed by atoms with van der Waals surface area (Å²) < 4.78 is 5.46. The molecule has 2 N–H and O–H groups in total. The number of furan rings is 1. The van der Waals surface area contributed by atoms with Crippen molar-refractivity contribution in [3.05, 3.63) is 47.5 Å². The molecule has 3 rings (SSSR count). The van der Waals surface area contributed by atoms with Gasteiger partial charge in [0.15, 0.2) is 0 Å². The van der Waals surface area contributed by atoms with Gasteiger partial charge >= 0.3 is 0 Å². The highest BCUT2D eigenvalue weighted by atomic mass is 16.3. The molecule has 2 heterocycles. The maximum Gasteiger partial charge on any atom is 0.132 e. The fourth-order valence-corrected chi connectivity index (χ4v) is 2.37. The lowest BCUT2D eigenvalue weighted by Crippen LogP contribution is -2.26. The van der Waals surface area contributed by atoms with E-state index in [0.29, 0.717) is 12.6 Å². The minimum Gasteiger partial charge on any atom is -0.467 e. The van der Waals surface area contributed by atoms with E-state index in [4.69, 9.17) is 10.2 Å². The maximum atomic E-state index is 5.66. The molecule has 0 atom stereocenters. The van der Waals surface area contributed by atoms with Gasteiger partial charge in [-0.15, -0.1) is 0 Å². The Morgan fingerprint density at radius 3 is 2.89 bits per heavy atom. The van der Waals surface area contributed by atoms with Crippen molar-refractivity contribution >= 4 is 5.82 Å². The van der Waals surface area contributed by atoms with Gasteiger partial charge in [-0.25, -0.2) is 4.98 Å². The second-order valence-electron chi connectivity index (χ2n) is 5.13. The van der Waals surface area contributed by atoms with Gasteiger partial charge in [0.2, 0.25) is 0 Å². The number of nitrogens with zero attached hydrogens (tertiary/aromatic N) is 2. The van der Waals surface area contributed by atoms with Crippen molar-refractivity contribution in [2.75, 3.05) is 4.90 Å². The van der Waals surface area contributed by atoms with Crippen LogP contribution in [0.15, 0.2) is 35.1 Å². The van der Waals surface area contributed by atoms with E-state index in [0.717, 1.165) is 23.7 Å². The van der Waals surface area contributed by atoms with Crippen molar-refractivity contribution in [3.63, 3.8) is 0 Å². The first-order valence-electron chi connectivity index (χ1n) is 6.72. The van der Waals surface area contributed by atoms with Crippen LogP contribution in [0.1, 0.15) is 29.7 Å². The maximum absolute atomic E-state index is 5.66. The van der Waals surface area contributed by atoms with Crippen molar-refractivity contribution in [2.45, 2.75) is 38.9 Å². The second kappa shape index (κ2) is 5.05. The van der Waals surface area contributed by atoms with Crippen LogP contribution in [0.3, 0.4) is 0 Å². The van der Waals surface area contributed by atoms with Crippen LogP contribution in [0.5, 0.6) is 0 Å². The zero-order chi connectivity index (χ0) is 13.2. The van der Waals surface area contributed by atoms with Crippen molar-refractivity contribution in [1.82, 2.24) is 4.98 Å². The fraction of sp³-hybridized carbons (Fsp3) is 0.400. The molecule has 2 aromatic rings. The van der Waals surface area contributed by atoms with Crippen LogP contribution in [0.4, 0.5) is 5.82 Å². The van der Waals surface area contributed by atoms with E-state index >= 15 is 0 Å². The summed E-state index contributed by atoms with van der Waals surface area (Å²) in [6, 6.07) is 6.66. The van der Waals surface area contributed by atoms with Crippen LogP contribution >= 0.6 is 0 Å². The lowest BCUT2D eigenvalue weighted by atomic mass is 10.2. The number of hydrogen-bond acceptors (Lipinski definition) is 4. The predicted molar refractivity (Wildman–Crippen MR) is 74.8 cm³/mol. The molecule has 4 heteroatoms. The summed E-state index contributed by atoms with van der Waals surface area (Å²) in [5, 5.41) is 0. The summed E-state index contributed by atoms with van der Waals surface area (Å²) >= 11 is 0. The SMILES string of the molecule is Cc1cc(CN)cnc1N(Cc1ccco1)C1CC1. The molecule has 0 unspecified atom stereocenters. The minimum atomic E-state index is 0.537. The summed E-state index contributed by atoms with van der Waals surface area (Å²) in [7, 11) is 0. The molecule has 0 amide bonds. The Bertz CT molecular complexity index is 547. The molecule has 0 bridgehead atoms. The Morgan fingerprint density at radius 1 is 1.47 bits per heavy atom. The molecular formula is C15H19N3O. The van der Waals surface area contributed by atoms with Gasteiger partial charge in [-0.2, -0.15) is 0 Å². The van der Waals surface area contributed by atoms with Gasteiger partial charge < -0.3 is 15.1 Å². The average molecular weight is 257 g/mol. The third-order valence-electron chi connectivity index (χ3n) is 3.51. The average Bonchev–Trinajstić information content (AvgIpc) is 3.14. The standard InChI is InChI=1S/C15H19N3O/c1-11-7-12(8-16)9-17-15(11)18(13-4-5-13)10-14-3-2-6-19-14/h2-3,6-7,9,13H,4-5,8,10,16H2,1H3. The zero-order valence-corrected chi connectivity index (χ0v) is 11.2. The number of pyridine rings is 1. The number of rotatable bonds is 5. The molecule has 0 aliphatic heterocycles. The first-order valence-corrected chi connectivity index (χ1v) is 6.72. The Hall–Kier alpha value is -1.81. The molecule has 0 aromatic carbocycles. The molecule has 0 spiro atoms. The number of hydrogen-bond donors (Lipinski definition) is 1. The topological polar surface area (TPSA) is 55.3 Å². The van der Waals surface area contributed by atoms with E-state index in [1.54, 1.807) is 6.26 Å². The van der Waals surface area contributed by atoms with Crippen molar-refractivity contribution in [3.8, 4) is 0 Å². The Kier molecular flexibility index (Phi) is 3.25. The molecule has 19 heavy (non-hydrogen) atoms. The first-order chi connectivity index (χ1) is 9.28. The van der Waals surface area contributed by atoms with Crippen molar-refractivity contribution in [2.24, 2.45) is 5.73 Å². The summed E-state index contributed by atoms with van der Waals surface area (Å²) in [6.07, 6.45) is 6.07. The number of nitrogens with two attached hydrogens (primary N) is 1. The normalized spacial score (nSPS) is 14.6. The highest BCUT2D eigenvalue weighted by Crippen LogP contribution is 2.33. The summed E-state index contributed by atoms with van der Waals surface area (Å²) in [6.45, 7) is 3.42. The van der Waals surface area contributed by atoms with Crippen LogP contribution in [0.25, 0.3) is 0 Å². The predicted octanol–water partition coefficient (Wildman–Crippen LogP) is 2.61. The molecule has 100 valence electrons. The van der Waals surface area contributed by atoms with E-state index in [1.807, 2.05) is 18.3 Å². The molecule has 1 aliphatic carbocycles. The smallest absolute Gasteiger partial charge is 0.132 e. The van der Waals surface area contributed by atoms with Crippen molar-refractivity contribution in [1.29, 1.82) is 0 Å². The molecule has 2 aromatic heterocycles. The summed E-state index contributed by atoms with van der Waals surface area (Å²) in [5.74, 6) is 2.03. The van der Waals surface area contributed by atoms with E-state index in [2.05, 4.69) is 22.9 Å². The molecule has 0 radical (unpaired) electrons. The van der Waals surface area contributed by atoms with Crippen LogP contribution < -0.4 is 10.6 Å². The third kappa shape index (κ3) is 2.63. The van der Waals surface area contributed by atoms with Gasteiger partial charge in [0.05, 0.1) is 12.8 Å². The van der Waals surface area contributed by atoms with Crippen LogP contribution in [-0.2, 0) is 13.1 Å². The van der Waals surface area contributed by atoms with Gasteiger partial charge in [0.1, 0.15) is 11.6 Å². The first kappa shape index (κ1) is 12.2. The second-order valence-corrected chi connectivity index (χ2v) is 5.13. The highest BCUT2D eigenvalue weighted by molar-refractivity contribution is 5.49. The zero-order valence-electron chi connectivity index (χ0n) is 11.2. The fourth-order valence-electron chi connectivity index (χ4n) is 2.37. The Morgan fingerprint density at radius 2 is 2.32 bits per heavy atom. The molecular weight excluding hydrogens is 238 g/mol. The molecule has 1 aliphatic rings. The largest absolute Gasteiger partial charge is 0.467 e. The minimum absolute atomic E-state index is 0.537. The Labute approximate surface area is 113 Å². The van der Waals surface area contributed by atoms with E-state index in [1.165, 1.54) is 18.4 Å². The molecule has 4 nitrogen and oxygen atoms in total. The monoisotopic (exact) mass is 257 g/mol. The number of aromatic nitrogens is 1. The van der Waals surface area contributed by atoms with Gasteiger partial charge in [-0.1, -0.05) is 0 Å². The summed E-state index contributed by atoms with van der Waals surface area (Å²) in [4.78, 5) is 6.94. The van der Waals surface area contributed by atoms with E-state index in [-0.39, 0.29) is 0 Å². The molecule has 1 saturated carbocycles. The van der Waals surface area contributed by atoms with Gasteiger partial charge in [-0.3, -0.25) is 0 Å². The third-order valence-corrected chi connectivity index (χ3v) is 3.51. The van der Waals surface area contributed by atoms with Crippen LogP contribution in [0.2, 0.25) is 0 Å².